The molecule has 4 rings (SSSR count). The Morgan fingerprint density at radius 3 is 2.80 bits per heavy atom. The number of hydrogen-bond acceptors (Lipinski definition) is 4. The van der Waals surface area contributed by atoms with E-state index in [-0.39, 0.29) is 18.3 Å². The number of fused-ring (bicyclic) bond motifs is 1. The lowest BCUT2D eigenvalue weighted by molar-refractivity contribution is 0.0792. The van der Waals surface area contributed by atoms with Crippen LogP contribution in [0.3, 0.4) is 0 Å². The number of carbonyl (C=O) groups excluding carboxylic acids is 1. The molecule has 1 aliphatic heterocycles. The van der Waals surface area contributed by atoms with E-state index in [2.05, 4.69) is 5.10 Å². The van der Waals surface area contributed by atoms with Crippen LogP contribution in [-0.2, 0) is 0 Å². The van der Waals surface area contributed by atoms with E-state index in [1.54, 1.807) is 0 Å². The van der Waals surface area contributed by atoms with E-state index < -0.39 is 0 Å². The molecule has 5 nitrogen and oxygen atoms in total. The van der Waals surface area contributed by atoms with Gasteiger partial charge in [-0.15, -0.1) is 23.7 Å². The lowest BCUT2D eigenvalue weighted by Gasteiger charge is -2.14. The molecule has 25 heavy (non-hydrogen) atoms. The number of nitrogens with two attached hydrogens (primary N) is 1. The number of rotatable bonds is 3. The minimum Gasteiger partial charge on any atom is -0.338 e. The number of aryl methyl sites for hydroxylation is 1. The van der Waals surface area contributed by atoms with Crippen LogP contribution in [0, 0.1) is 12.8 Å². The summed E-state index contributed by atoms with van der Waals surface area (Å²) in [5.41, 5.74) is 7.70. The summed E-state index contributed by atoms with van der Waals surface area (Å²) >= 11 is 1.52. The van der Waals surface area contributed by atoms with Gasteiger partial charge in [-0.2, -0.15) is 5.10 Å². The van der Waals surface area contributed by atoms with Gasteiger partial charge < -0.3 is 10.6 Å². The Morgan fingerprint density at radius 1 is 1.36 bits per heavy atom. The van der Waals surface area contributed by atoms with Gasteiger partial charge in [0.25, 0.3) is 5.91 Å². The van der Waals surface area contributed by atoms with E-state index in [9.17, 15) is 4.79 Å². The van der Waals surface area contributed by atoms with Crippen LogP contribution in [0.5, 0.6) is 0 Å². The fourth-order valence-corrected chi connectivity index (χ4v) is 4.41. The van der Waals surface area contributed by atoms with Crippen molar-refractivity contribution in [3.63, 3.8) is 0 Å². The second kappa shape index (κ2) is 7.15. The molecular formula is C18H21ClN4OS. The predicted molar refractivity (Wildman–Crippen MR) is 104 cm³/mol. The monoisotopic (exact) mass is 376 g/mol. The molecule has 132 valence electrons. The molecule has 0 bridgehead atoms. The third-order valence-corrected chi connectivity index (χ3v) is 5.76. The third kappa shape index (κ3) is 3.17. The van der Waals surface area contributed by atoms with Gasteiger partial charge >= 0.3 is 0 Å². The van der Waals surface area contributed by atoms with Crippen LogP contribution < -0.4 is 5.73 Å². The SMILES string of the molecule is Cc1nn(-c2ccccc2)c2sc(C(=O)N3CCC(CN)C3)cc12.Cl. The van der Waals surface area contributed by atoms with Gasteiger partial charge in [-0.05, 0) is 44.0 Å². The first-order chi connectivity index (χ1) is 11.7. The van der Waals surface area contributed by atoms with Crippen molar-refractivity contribution in [2.24, 2.45) is 11.7 Å². The number of carbonyl (C=O) groups is 1. The van der Waals surface area contributed by atoms with Gasteiger partial charge in [0.05, 0.1) is 16.3 Å². The van der Waals surface area contributed by atoms with Gasteiger partial charge in [-0.25, -0.2) is 4.68 Å². The predicted octanol–water partition coefficient (Wildman–Crippen LogP) is 3.24. The zero-order valence-electron chi connectivity index (χ0n) is 14.0. The Hall–Kier alpha value is -1.89. The molecule has 1 atom stereocenters. The molecule has 1 aliphatic rings. The van der Waals surface area contributed by atoms with E-state index in [0.717, 1.165) is 46.0 Å². The number of para-hydroxylation sites is 1. The Labute approximate surface area is 156 Å². The average Bonchev–Trinajstić information content (AvgIpc) is 3.31. The average molecular weight is 377 g/mol. The van der Waals surface area contributed by atoms with Crippen molar-refractivity contribution in [1.29, 1.82) is 0 Å². The minimum absolute atomic E-state index is 0. The molecule has 3 heterocycles. The molecule has 0 radical (unpaired) electrons. The van der Waals surface area contributed by atoms with Crippen molar-refractivity contribution in [2.45, 2.75) is 13.3 Å². The summed E-state index contributed by atoms with van der Waals surface area (Å²) in [4.78, 5) is 16.5. The number of amides is 1. The molecule has 1 fully saturated rings. The molecule has 1 amide bonds. The van der Waals surface area contributed by atoms with Crippen LogP contribution in [0.2, 0.25) is 0 Å². The van der Waals surface area contributed by atoms with E-state index >= 15 is 0 Å². The molecule has 0 saturated carbocycles. The van der Waals surface area contributed by atoms with Gasteiger partial charge in [0.2, 0.25) is 0 Å². The Kier molecular flexibility index (Phi) is 5.13. The van der Waals surface area contributed by atoms with E-state index in [1.807, 2.05) is 52.9 Å². The van der Waals surface area contributed by atoms with Crippen molar-refractivity contribution in [1.82, 2.24) is 14.7 Å². The molecule has 3 aromatic rings. The summed E-state index contributed by atoms with van der Waals surface area (Å²) in [6, 6.07) is 12.0. The van der Waals surface area contributed by atoms with Crippen LogP contribution in [0.25, 0.3) is 15.9 Å². The van der Waals surface area contributed by atoms with Crippen molar-refractivity contribution in [3.8, 4) is 5.69 Å². The summed E-state index contributed by atoms with van der Waals surface area (Å²) in [5.74, 6) is 0.552. The fourth-order valence-electron chi connectivity index (χ4n) is 3.26. The van der Waals surface area contributed by atoms with E-state index in [0.29, 0.717) is 12.5 Å². The second-order valence-electron chi connectivity index (χ2n) is 6.30. The maximum absolute atomic E-state index is 12.8. The standard InChI is InChI=1S/C18H20N4OS.ClH/c1-12-15-9-16(17(23)21-8-7-13(10-19)11-21)24-18(15)22(20-12)14-5-3-2-4-6-14;/h2-6,9,13H,7-8,10-11,19H2,1H3;1H. The number of benzene rings is 1. The van der Waals surface area contributed by atoms with Crippen LogP contribution in [0.4, 0.5) is 0 Å². The summed E-state index contributed by atoms with van der Waals surface area (Å²) in [6.07, 6.45) is 1.00. The van der Waals surface area contributed by atoms with Crippen molar-refractivity contribution >= 4 is 39.9 Å². The molecule has 2 N–H and O–H groups in total. The molecule has 1 unspecified atom stereocenters. The largest absolute Gasteiger partial charge is 0.338 e. The first kappa shape index (κ1) is 17.9. The highest BCUT2D eigenvalue weighted by Crippen LogP contribution is 2.32. The molecule has 1 saturated heterocycles. The summed E-state index contributed by atoms with van der Waals surface area (Å²) in [5, 5.41) is 5.69. The quantitative estimate of drug-likeness (QED) is 0.763. The molecular weight excluding hydrogens is 356 g/mol. The third-order valence-electron chi connectivity index (χ3n) is 4.66. The number of halogens is 1. The second-order valence-corrected chi connectivity index (χ2v) is 7.33. The Bertz CT molecular complexity index is 889. The van der Waals surface area contributed by atoms with Crippen LogP contribution in [0.1, 0.15) is 21.8 Å². The Balaban J connectivity index is 0.00000182. The highest BCUT2D eigenvalue weighted by Gasteiger charge is 2.28. The lowest BCUT2D eigenvalue weighted by Crippen LogP contribution is -2.29. The molecule has 0 aliphatic carbocycles. The first-order valence-electron chi connectivity index (χ1n) is 8.21. The minimum atomic E-state index is 0. The summed E-state index contributed by atoms with van der Waals surface area (Å²) in [7, 11) is 0. The maximum Gasteiger partial charge on any atom is 0.264 e. The van der Waals surface area contributed by atoms with Crippen LogP contribution in [-0.4, -0.2) is 40.2 Å². The van der Waals surface area contributed by atoms with Crippen molar-refractivity contribution < 1.29 is 4.79 Å². The maximum atomic E-state index is 12.8. The van der Waals surface area contributed by atoms with Crippen molar-refractivity contribution in [3.05, 3.63) is 47.0 Å². The van der Waals surface area contributed by atoms with Gasteiger partial charge in [0, 0.05) is 18.5 Å². The van der Waals surface area contributed by atoms with Gasteiger partial charge in [-0.1, -0.05) is 18.2 Å². The molecule has 1 aromatic carbocycles. The number of nitrogens with zero attached hydrogens (tertiary/aromatic N) is 3. The van der Waals surface area contributed by atoms with Crippen molar-refractivity contribution in [2.75, 3.05) is 19.6 Å². The van der Waals surface area contributed by atoms with Gasteiger partial charge in [-0.3, -0.25) is 4.79 Å². The first-order valence-corrected chi connectivity index (χ1v) is 9.03. The zero-order valence-corrected chi connectivity index (χ0v) is 15.6. The number of thiophene rings is 1. The number of aromatic nitrogens is 2. The number of hydrogen-bond donors (Lipinski definition) is 1. The van der Waals surface area contributed by atoms with Gasteiger partial charge in [0.1, 0.15) is 4.83 Å². The normalized spacial score (nSPS) is 17.0. The summed E-state index contributed by atoms with van der Waals surface area (Å²) < 4.78 is 1.93. The topological polar surface area (TPSA) is 64.2 Å². The molecule has 7 heteroatoms. The lowest BCUT2D eigenvalue weighted by atomic mass is 10.1. The van der Waals surface area contributed by atoms with Gasteiger partial charge in [0.15, 0.2) is 0 Å². The highest BCUT2D eigenvalue weighted by molar-refractivity contribution is 7.20. The molecule has 2 aromatic heterocycles. The smallest absolute Gasteiger partial charge is 0.264 e. The van der Waals surface area contributed by atoms with Crippen LogP contribution >= 0.6 is 23.7 Å². The van der Waals surface area contributed by atoms with E-state index in [4.69, 9.17) is 5.73 Å². The fraction of sp³-hybridized carbons (Fsp3) is 0.333. The number of likely N-dealkylation sites (tertiary alicyclic amines) is 1. The summed E-state index contributed by atoms with van der Waals surface area (Å²) in [6.45, 7) is 4.22. The molecule has 0 spiro atoms. The van der Waals surface area contributed by atoms with E-state index in [1.165, 1.54) is 11.3 Å². The highest BCUT2D eigenvalue weighted by atomic mass is 35.5. The zero-order chi connectivity index (χ0) is 16.7. The Morgan fingerprint density at radius 2 is 2.12 bits per heavy atom. The van der Waals surface area contributed by atoms with Crippen LogP contribution in [0.15, 0.2) is 36.4 Å².